The van der Waals surface area contributed by atoms with E-state index in [0.29, 0.717) is 13.2 Å². The summed E-state index contributed by atoms with van der Waals surface area (Å²) in [5.41, 5.74) is 3.80. The summed E-state index contributed by atoms with van der Waals surface area (Å²) < 4.78 is 5.75. The van der Waals surface area contributed by atoms with Gasteiger partial charge in [0.25, 0.3) is 0 Å². The molecule has 2 rings (SSSR count). The van der Waals surface area contributed by atoms with Crippen molar-refractivity contribution in [3.63, 3.8) is 0 Å². The van der Waals surface area contributed by atoms with Crippen LogP contribution in [0, 0.1) is 13.8 Å². The van der Waals surface area contributed by atoms with E-state index in [1.54, 1.807) is 0 Å². The molecule has 0 aliphatic rings. The van der Waals surface area contributed by atoms with Gasteiger partial charge < -0.3 is 20.5 Å². The molecular formula is C19H24N2O3. The summed E-state index contributed by atoms with van der Waals surface area (Å²) in [6, 6.07) is 13.3. The minimum atomic E-state index is -0.102. The molecule has 2 aromatic carbocycles. The third-order valence-electron chi connectivity index (χ3n) is 3.64. The number of nitrogens with one attached hydrogen (secondary N) is 2. The first-order valence-electron chi connectivity index (χ1n) is 7.99. The van der Waals surface area contributed by atoms with Gasteiger partial charge in [0.05, 0.1) is 19.7 Å². The molecule has 1 amide bonds. The zero-order valence-electron chi connectivity index (χ0n) is 14.1. The molecular weight excluding hydrogens is 304 g/mol. The van der Waals surface area contributed by atoms with Gasteiger partial charge in [-0.2, -0.15) is 0 Å². The first kappa shape index (κ1) is 17.8. The number of carbonyl (C=O) groups excluding carboxylic acids is 1. The zero-order chi connectivity index (χ0) is 17.4. The molecule has 3 N–H and O–H groups in total. The predicted molar refractivity (Wildman–Crippen MR) is 95.3 cm³/mol. The maximum atomic E-state index is 11.8. The second kappa shape index (κ2) is 8.93. The maximum Gasteiger partial charge on any atom is 0.239 e. The quantitative estimate of drug-likeness (QED) is 0.651. The molecule has 0 heterocycles. The fourth-order valence-corrected chi connectivity index (χ4v) is 2.39. The minimum absolute atomic E-state index is 0.0165. The average Bonchev–Trinajstić information content (AvgIpc) is 2.59. The summed E-state index contributed by atoms with van der Waals surface area (Å²) >= 11 is 0. The molecule has 0 atom stereocenters. The van der Waals surface area contributed by atoms with Crippen LogP contribution in [0.4, 0.5) is 5.69 Å². The highest BCUT2D eigenvalue weighted by molar-refractivity contribution is 5.80. The molecule has 0 aliphatic carbocycles. The molecule has 0 aromatic heterocycles. The number of aliphatic hydroxyl groups excluding tert-OH is 1. The van der Waals surface area contributed by atoms with Crippen LogP contribution in [0.3, 0.4) is 0 Å². The van der Waals surface area contributed by atoms with Gasteiger partial charge in [0.2, 0.25) is 5.91 Å². The van der Waals surface area contributed by atoms with Gasteiger partial charge in [0, 0.05) is 5.69 Å². The molecule has 24 heavy (non-hydrogen) atoms. The van der Waals surface area contributed by atoms with Crippen LogP contribution >= 0.6 is 0 Å². The van der Waals surface area contributed by atoms with Crippen molar-refractivity contribution >= 4 is 11.6 Å². The van der Waals surface area contributed by atoms with Crippen molar-refractivity contribution in [2.45, 2.75) is 20.5 Å². The Morgan fingerprint density at radius 2 is 1.83 bits per heavy atom. The van der Waals surface area contributed by atoms with Crippen LogP contribution < -0.4 is 15.4 Å². The van der Waals surface area contributed by atoms with E-state index in [2.05, 4.69) is 10.6 Å². The molecule has 0 saturated carbocycles. The lowest BCUT2D eigenvalue weighted by Gasteiger charge is -2.12. The number of hydrogen-bond acceptors (Lipinski definition) is 4. The monoisotopic (exact) mass is 328 g/mol. The Bertz CT molecular complexity index is 666. The summed E-state index contributed by atoms with van der Waals surface area (Å²) in [6.07, 6.45) is 0. The number of benzene rings is 2. The second-order valence-electron chi connectivity index (χ2n) is 5.63. The lowest BCUT2D eigenvalue weighted by atomic mass is 10.1. The number of para-hydroxylation sites is 1. The number of rotatable bonds is 8. The summed E-state index contributed by atoms with van der Waals surface area (Å²) in [7, 11) is 0. The molecule has 0 unspecified atom stereocenters. The Labute approximate surface area is 142 Å². The molecule has 0 fully saturated rings. The first-order chi connectivity index (χ1) is 11.6. The van der Waals surface area contributed by atoms with Crippen molar-refractivity contribution < 1.29 is 14.6 Å². The van der Waals surface area contributed by atoms with E-state index >= 15 is 0 Å². The number of amides is 1. The maximum absolute atomic E-state index is 11.8. The SMILES string of the molecule is Cc1cccc(C)c1OCCNC(=O)CNc1cccc(CO)c1. The highest BCUT2D eigenvalue weighted by Gasteiger charge is 2.04. The summed E-state index contributed by atoms with van der Waals surface area (Å²) in [5, 5.41) is 14.9. The van der Waals surface area contributed by atoms with Crippen molar-refractivity contribution in [2.75, 3.05) is 25.0 Å². The van der Waals surface area contributed by atoms with Crippen molar-refractivity contribution in [1.82, 2.24) is 5.32 Å². The second-order valence-corrected chi connectivity index (χ2v) is 5.63. The number of aryl methyl sites for hydroxylation is 2. The highest BCUT2D eigenvalue weighted by Crippen LogP contribution is 2.21. The van der Waals surface area contributed by atoms with Crippen LogP contribution in [-0.4, -0.2) is 30.7 Å². The van der Waals surface area contributed by atoms with Gasteiger partial charge in [-0.05, 0) is 42.7 Å². The zero-order valence-corrected chi connectivity index (χ0v) is 14.1. The van der Waals surface area contributed by atoms with E-state index in [4.69, 9.17) is 9.84 Å². The first-order valence-corrected chi connectivity index (χ1v) is 7.99. The van der Waals surface area contributed by atoms with E-state index in [-0.39, 0.29) is 19.1 Å². The molecule has 0 radical (unpaired) electrons. The third kappa shape index (κ3) is 5.28. The van der Waals surface area contributed by atoms with Crippen LogP contribution in [0.5, 0.6) is 5.75 Å². The van der Waals surface area contributed by atoms with E-state index in [9.17, 15) is 4.79 Å². The molecule has 128 valence electrons. The molecule has 5 nitrogen and oxygen atoms in total. The molecule has 0 spiro atoms. The Balaban J connectivity index is 1.70. The average molecular weight is 328 g/mol. The van der Waals surface area contributed by atoms with Gasteiger partial charge >= 0.3 is 0 Å². The number of aliphatic hydroxyl groups is 1. The van der Waals surface area contributed by atoms with Crippen LogP contribution in [0.15, 0.2) is 42.5 Å². The number of hydrogen-bond donors (Lipinski definition) is 3. The van der Waals surface area contributed by atoms with Gasteiger partial charge in [-0.3, -0.25) is 4.79 Å². The summed E-state index contributed by atoms with van der Waals surface area (Å²) in [5.74, 6) is 0.778. The third-order valence-corrected chi connectivity index (χ3v) is 3.64. The standard InChI is InChI=1S/C19H24N2O3/c1-14-5-3-6-15(2)19(14)24-10-9-20-18(23)12-21-17-8-4-7-16(11-17)13-22/h3-8,11,21-22H,9-10,12-13H2,1-2H3,(H,20,23). The van der Waals surface area contributed by atoms with E-state index in [1.807, 2.05) is 56.3 Å². The highest BCUT2D eigenvalue weighted by atomic mass is 16.5. The van der Waals surface area contributed by atoms with E-state index in [0.717, 1.165) is 28.1 Å². The largest absolute Gasteiger partial charge is 0.491 e. The van der Waals surface area contributed by atoms with Gasteiger partial charge in [0.15, 0.2) is 0 Å². The van der Waals surface area contributed by atoms with E-state index in [1.165, 1.54) is 0 Å². The normalized spacial score (nSPS) is 10.3. The Hall–Kier alpha value is -2.53. The fourth-order valence-electron chi connectivity index (χ4n) is 2.39. The Morgan fingerprint density at radius 3 is 2.54 bits per heavy atom. The Kier molecular flexibility index (Phi) is 6.63. The topological polar surface area (TPSA) is 70.6 Å². The van der Waals surface area contributed by atoms with Gasteiger partial charge in [-0.1, -0.05) is 30.3 Å². The molecule has 5 heteroatoms. The summed E-state index contributed by atoms with van der Waals surface area (Å²) in [6.45, 7) is 5.05. The predicted octanol–water partition coefficient (Wildman–Crippen LogP) is 2.40. The lowest BCUT2D eigenvalue weighted by molar-refractivity contribution is -0.119. The molecule has 0 aliphatic heterocycles. The fraction of sp³-hybridized carbons (Fsp3) is 0.316. The van der Waals surface area contributed by atoms with Gasteiger partial charge in [-0.15, -0.1) is 0 Å². The number of carbonyl (C=O) groups is 1. The van der Waals surface area contributed by atoms with Crippen LogP contribution in [0.2, 0.25) is 0 Å². The van der Waals surface area contributed by atoms with Gasteiger partial charge in [0.1, 0.15) is 12.4 Å². The number of ether oxygens (including phenoxy) is 1. The number of anilines is 1. The lowest BCUT2D eigenvalue weighted by Crippen LogP contribution is -2.33. The van der Waals surface area contributed by atoms with E-state index < -0.39 is 0 Å². The van der Waals surface area contributed by atoms with Crippen molar-refractivity contribution in [3.05, 3.63) is 59.2 Å². The molecule has 2 aromatic rings. The van der Waals surface area contributed by atoms with Crippen LogP contribution in [0.1, 0.15) is 16.7 Å². The molecule has 0 saturated heterocycles. The van der Waals surface area contributed by atoms with Crippen LogP contribution in [-0.2, 0) is 11.4 Å². The summed E-state index contributed by atoms with van der Waals surface area (Å²) in [4.78, 5) is 11.8. The van der Waals surface area contributed by atoms with Crippen molar-refractivity contribution in [1.29, 1.82) is 0 Å². The smallest absolute Gasteiger partial charge is 0.239 e. The van der Waals surface area contributed by atoms with Crippen molar-refractivity contribution in [2.24, 2.45) is 0 Å². The minimum Gasteiger partial charge on any atom is -0.491 e. The molecule has 0 bridgehead atoms. The Morgan fingerprint density at radius 1 is 1.12 bits per heavy atom. The van der Waals surface area contributed by atoms with Gasteiger partial charge in [-0.25, -0.2) is 0 Å². The van der Waals surface area contributed by atoms with Crippen molar-refractivity contribution in [3.8, 4) is 5.75 Å². The van der Waals surface area contributed by atoms with Crippen LogP contribution in [0.25, 0.3) is 0 Å².